The van der Waals surface area contributed by atoms with Gasteiger partial charge >= 0.3 is 0 Å². The van der Waals surface area contributed by atoms with Crippen LogP contribution in [0.15, 0.2) is 0 Å². The molecule has 3 nitrogen and oxygen atoms in total. The van der Waals surface area contributed by atoms with E-state index < -0.39 is 9.83 Å². The number of nitrogens with two attached hydrogens (primary N) is 2. The summed E-state index contributed by atoms with van der Waals surface area (Å²) in [5, 5.41) is 0. The van der Waals surface area contributed by atoms with Crippen molar-refractivity contribution in [2.24, 2.45) is 11.5 Å². The summed E-state index contributed by atoms with van der Waals surface area (Å²) in [7, 11) is 0.560. The lowest BCUT2D eigenvalue weighted by Gasteiger charge is -1.95. The Morgan fingerprint density at radius 2 is 2.00 bits per heavy atom. The first-order chi connectivity index (χ1) is 4.31. The second-order valence-electron chi connectivity index (χ2n) is 1.41. The summed E-state index contributed by atoms with van der Waals surface area (Å²) in [5.74, 6) is 1.33. The molecule has 0 aliphatic rings. The topological polar surface area (TPSA) is 69.1 Å². The van der Waals surface area contributed by atoms with Crippen LogP contribution in [-0.2, 0) is 9.83 Å². The second-order valence-corrected chi connectivity index (χ2v) is 4.89. The molecule has 1 atom stereocenters. The summed E-state index contributed by atoms with van der Waals surface area (Å²) in [5.41, 5.74) is 10.3. The van der Waals surface area contributed by atoms with Crippen LogP contribution in [0.2, 0.25) is 0 Å². The first kappa shape index (κ1) is 9.42. The van der Waals surface area contributed by atoms with Crippen LogP contribution in [0.1, 0.15) is 0 Å². The van der Waals surface area contributed by atoms with Gasteiger partial charge in [-0.15, -0.1) is 0 Å². The highest BCUT2D eigenvalue weighted by molar-refractivity contribution is 8.69. The molecular formula is C4H12N2OS2. The maximum Gasteiger partial charge on any atom is 0.0817 e. The van der Waals surface area contributed by atoms with Gasteiger partial charge in [-0.25, -0.2) is 4.21 Å². The second kappa shape index (κ2) is 6.54. The lowest BCUT2D eigenvalue weighted by Crippen LogP contribution is -2.09. The molecule has 0 aromatic rings. The molecule has 0 aromatic carbocycles. The van der Waals surface area contributed by atoms with Crippen LogP contribution in [0.4, 0.5) is 0 Å². The first-order valence-corrected chi connectivity index (χ1v) is 5.55. The largest absolute Gasteiger partial charge is 0.330 e. The SMILES string of the molecule is NCCSS(=O)CCN. The van der Waals surface area contributed by atoms with Crippen molar-refractivity contribution in [1.82, 2.24) is 0 Å². The van der Waals surface area contributed by atoms with Gasteiger partial charge in [0.25, 0.3) is 0 Å². The molecule has 0 heterocycles. The Balaban J connectivity index is 3.06. The fourth-order valence-corrected chi connectivity index (χ4v) is 2.38. The Labute approximate surface area is 61.4 Å². The zero-order chi connectivity index (χ0) is 7.11. The van der Waals surface area contributed by atoms with Gasteiger partial charge < -0.3 is 11.5 Å². The molecule has 4 N–H and O–H groups in total. The summed E-state index contributed by atoms with van der Waals surface area (Å²) in [4.78, 5) is 0. The summed E-state index contributed by atoms with van der Waals surface area (Å²) < 4.78 is 10.7. The van der Waals surface area contributed by atoms with Crippen LogP contribution in [0, 0.1) is 0 Å². The Morgan fingerprint density at radius 1 is 1.33 bits per heavy atom. The smallest absolute Gasteiger partial charge is 0.0817 e. The summed E-state index contributed by atoms with van der Waals surface area (Å²) in [6.07, 6.45) is 0. The molecule has 9 heavy (non-hydrogen) atoms. The highest BCUT2D eigenvalue weighted by Gasteiger charge is 1.95. The monoisotopic (exact) mass is 168 g/mol. The van der Waals surface area contributed by atoms with Gasteiger partial charge in [-0.3, -0.25) is 0 Å². The summed E-state index contributed by atoms with van der Waals surface area (Å²) in [6, 6.07) is 0. The third kappa shape index (κ3) is 6.30. The predicted octanol–water partition coefficient (Wildman–Crippen LogP) is -0.699. The van der Waals surface area contributed by atoms with Crippen molar-refractivity contribution in [2.75, 3.05) is 24.6 Å². The molecular weight excluding hydrogens is 156 g/mol. The van der Waals surface area contributed by atoms with Crippen molar-refractivity contribution in [3.8, 4) is 0 Å². The Kier molecular flexibility index (Phi) is 6.84. The van der Waals surface area contributed by atoms with E-state index in [9.17, 15) is 4.21 Å². The van der Waals surface area contributed by atoms with Crippen LogP contribution in [0.25, 0.3) is 0 Å². The summed E-state index contributed by atoms with van der Waals surface area (Å²) in [6.45, 7) is 1.07. The highest BCUT2D eigenvalue weighted by Crippen LogP contribution is 2.04. The van der Waals surface area contributed by atoms with E-state index in [-0.39, 0.29) is 0 Å². The molecule has 5 heteroatoms. The lowest BCUT2D eigenvalue weighted by molar-refractivity contribution is 0.691. The lowest BCUT2D eigenvalue weighted by atomic mass is 10.8. The molecule has 0 aromatic heterocycles. The van der Waals surface area contributed by atoms with E-state index in [1.807, 2.05) is 0 Å². The molecule has 0 aliphatic heterocycles. The van der Waals surface area contributed by atoms with E-state index in [1.165, 1.54) is 10.8 Å². The average molecular weight is 168 g/mol. The summed E-state index contributed by atoms with van der Waals surface area (Å²) >= 11 is 0. The van der Waals surface area contributed by atoms with Crippen LogP contribution < -0.4 is 11.5 Å². The van der Waals surface area contributed by atoms with Gasteiger partial charge in [-0.2, -0.15) is 0 Å². The van der Waals surface area contributed by atoms with Gasteiger partial charge in [0, 0.05) is 24.6 Å². The zero-order valence-corrected chi connectivity index (χ0v) is 6.84. The molecule has 0 saturated carbocycles. The molecule has 0 aliphatic carbocycles. The molecule has 0 amide bonds. The van der Waals surface area contributed by atoms with Gasteiger partial charge in [0.1, 0.15) is 0 Å². The third-order valence-corrected chi connectivity index (χ3v) is 3.64. The van der Waals surface area contributed by atoms with Crippen molar-refractivity contribution in [3.05, 3.63) is 0 Å². The van der Waals surface area contributed by atoms with E-state index in [1.54, 1.807) is 0 Å². The van der Waals surface area contributed by atoms with Crippen LogP contribution >= 0.6 is 10.8 Å². The van der Waals surface area contributed by atoms with Crippen LogP contribution in [0.3, 0.4) is 0 Å². The van der Waals surface area contributed by atoms with Crippen molar-refractivity contribution < 1.29 is 4.21 Å². The third-order valence-electron chi connectivity index (χ3n) is 0.617. The molecule has 0 rings (SSSR count). The number of hydrogen-bond donors (Lipinski definition) is 2. The normalized spacial score (nSPS) is 13.6. The molecule has 0 radical (unpaired) electrons. The van der Waals surface area contributed by atoms with Crippen molar-refractivity contribution in [3.63, 3.8) is 0 Å². The van der Waals surface area contributed by atoms with Crippen molar-refractivity contribution in [1.29, 1.82) is 0 Å². The van der Waals surface area contributed by atoms with Gasteiger partial charge in [0.05, 0.1) is 9.83 Å². The minimum atomic E-state index is -0.808. The Morgan fingerprint density at radius 3 is 2.44 bits per heavy atom. The maximum absolute atomic E-state index is 10.7. The number of rotatable bonds is 5. The minimum Gasteiger partial charge on any atom is -0.330 e. The Hall–Kier alpha value is 0.420. The van der Waals surface area contributed by atoms with Crippen LogP contribution in [0.5, 0.6) is 0 Å². The number of hydrogen-bond acceptors (Lipinski definition) is 4. The molecule has 56 valence electrons. The van der Waals surface area contributed by atoms with E-state index in [4.69, 9.17) is 11.5 Å². The van der Waals surface area contributed by atoms with Gasteiger partial charge in [0.15, 0.2) is 0 Å². The quantitative estimate of drug-likeness (QED) is 0.533. The fraction of sp³-hybridized carbons (Fsp3) is 1.00. The van der Waals surface area contributed by atoms with E-state index in [0.29, 0.717) is 18.8 Å². The average Bonchev–Trinajstić information content (AvgIpc) is 1.85. The van der Waals surface area contributed by atoms with Gasteiger partial charge in [-0.1, -0.05) is 10.8 Å². The Bertz CT molecular complexity index is 88.6. The van der Waals surface area contributed by atoms with E-state index in [2.05, 4.69) is 0 Å². The highest BCUT2D eigenvalue weighted by atomic mass is 33.1. The van der Waals surface area contributed by atoms with E-state index >= 15 is 0 Å². The first-order valence-electron chi connectivity index (χ1n) is 2.73. The van der Waals surface area contributed by atoms with Crippen molar-refractivity contribution >= 4 is 20.6 Å². The molecule has 0 saturated heterocycles. The van der Waals surface area contributed by atoms with Gasteiger partial charge in [0.2, 0.25) is 0 Å². The van der Waals surface area contributed by atoms with Crippen LogP contribution in [-0.4, -0.2) is 28.8 Å². The van der Waals surface area contributed by atoms with Crippen molar-refractivity contribution in [2.45, 2.75) is 0 Å². The standard InChI is InChI=1S/C4H12N2OS2/c5-1-3-8-9(7)4-2-6/h1-6H2. The fourth-order valence-electron chi connectivity index (χ4n) is 0.296. The minimum absolute atomic E-state index is 0.490. The predicted molar refractivity (Wildman–Crippen MR) is 43.6 cm³/mol. The van der Waals surface area contributed by atoms with E-state index in [0.717, 1.165) is 5.75 Å². The zero-order valence-electron chi connectivity index (χ0n) is 5.21. The molecule has 1 unspecified atom stereocenters. The maximum atomic E-state index is 10.7. The molecule has 0 fully saturated rings. The molecule has 0 spiro atoms. The van der Waals surface area contributed by atoms with Gasteiger partial charge in [-0.05, 0) is 0 Å². The molecule has 0 bridgehead atoms.